The quantitative estimate of drug-likeness (QED) is 0.0938. The van der Waals surface area contributed by atoms with Crippen LogP contribution in [0.3, 0.4) is 0 Å². The average Bonchev–Trinajstić information content (AvgIpc) is 3.55. The first-order valence-corrected chi connectivity index (χ1v) is 14.3. The molecular weight excluding hydrogens is 786 g/mol. The van der Waals surface area contributed by atoms with Gasteiger partial charge in [0, 0.05) is 32.5 Å². The van der Waals surface area contributed by atoms with Gasteiger partial charge in [0.2, 0.25) is 0 Å². The minimum absolute atomic E-state index is 0.0301. The van der Waals surface area contributed by atoms with E-state index in [-0.39, 0.29) is 11.5 Å². The molecule has 6 nitrogen and oxygen atoms in total. The Labute approximate surface area is 266 Å². The third-order valence-corrected chi connectivity index (χ3v) is 6.44. The van der Waals surface area contributed by atoms with E-state index in [1.54, 1.807) is 48.5 Å². The van der Waals surface area contributed by atoms with Crippen molar-refractivity contribution >= 4 is 57.1 Å². The highest BCUT2D eigenvalue weighted by Crippen LogP contribution is 2.17. The van der Waals surface area contributed by atoms with Crippen molar-refractivity contribution in [2.75, 3.05) is 13.2 Å². The predicted molar refractivity (Wildman–Crippen MR) is 165 cm³/mol. The predicted octanol–water partition coefficient (Wildman–Crippen LogP) is 8.25. The Kier molecular flexibility index (Phi) is 15.3. The van der Waals surface area contributed by atoms with Gasteiger partial charge in [-0.15, -0.1) is 0 Å². The van der Waals surface area contributed by atoms with Gasteiger partial charge in [-0.3, -0.25) is 0 Å². The van der Waals surface area contributed by atoms with Crippen molar-refractivity contribution in [3.63, 3.8) is 0 Å². The molecule has 0 radical (unpaired) electrons. The normalized spacial score (nSPS) is 11.5. The lowest BCUT2D eigenvalue weighted by Crippen LogP contribution is -2.08. The van der Waals surface area contributed by atoms with Gasteiger partial charge in [0.15, 0.2) is 23.3 Å². The largest absolute Gasteiger partial charge is 0.508 e. The number of carbonyl (C=O) groups is 2. The highest BCUT2D eigenvalue weighted by Gasteiger charge is 2.10. The number of ether oxygens (including phenoxy) is 2. The van der Waals surface area contributed by atoms with E-state index in [0.29, 0.717) is 11.1 Å². The van der Waals surface area contributed by atoms with Crippen LogP contribution in [0, 0.1) is 30.4 Å². The third-order valence-electron chi connectivity index (χ3n) is 5.00. The van der Waals surface area contributed by atoms with Crippen LogP contribution in [-0.2, 0) is 4.74 Å². The minimum Gasteiger partial charge on any atom is -0.508 e. The first kappa shape index (κ1) is 35.0. The molecule has 1 fully saturated rings. The Hall–Kier alpha value is -3.24. The molecule has 4 aromatic carbocycles. The first-order valence-electron chi connectivity index (χ1n) is 12.1. The minimum atomic E-state index is -1.05. The second kappa shape index (κ2) is 18.3. The van der Waals surface area contributed by atoms with Crippen LogP contribution in [-0.4, -0.2) is 35.4 Å². The highest BCUT2D eigenvalue weighted by atomic mass is 127. The molecule has 0 aliphatic carbocycles. The summed E-state index contributed by atoms with van der Waals surface area (Å²) >= 11 is 4.24. The number of esters is 1. The Morgan fingerprint density at radius 2 is 1.14 bits per heavy atom. The number of hydrogen-bond acceptors (Lipinski definition) is 5. The summed E-state index contributed by atoms with van der Waals surface area (Å²) in [5.41, 5.74) is 0.681. The molecule has 1 aliphatic heterocycles. The number of phenolic OH excluding ortho intramolecular Hbond substituents is 1. The number of carboxylic acids is 1. The van der Waals surface area contributed by atoms with E-state index in [1.807, 2.05) is 0 Å². The number of aromatic hydroxyl groups is 1. The van der Waals surface area contributed by atoms with Crippen molar-refractivity contribution in [1.82, 2.24) is 0 Å². The summed E-state index contributed by atoms with van der Waals surface area (Å²) in [4.78, 5) is 22.0. The number of hydrogen-bond donors (Lipinski definition) is 2. The Bertz CT molecular complexity index is 1440. The second-order valence-electron chi connectivity index (χ2n) is 8.20. The summed E-state index contributed by atoms with van der Waals surface area (Å²) < 4.78 is 61.6. The van der Waals surface area contributed by atoms with Crippen LogP contribution in [0.1, 0.15) is 33.6 Å². The molecule has 0 spiro atoms. The molecule has 0 saturated carbocycles. The number of benzene rings is 4. The fourth-order valence-corrected chi connectivity index (χ4v) is 3.60. The van der Waals surface area contributed by atoms with Crippen LogP contribution in [0.2, 0.25) is 0 Å². The fraction of sp³-hybridized carbons (Fsp3) is 0.133. The van der Waals surface area contributed by atoms with E-state index in [0.717, 1.165) is 50.7 Å². The number of carbonyl (C=O) groups excluding carboxylic acids is 1. The third kappa shape index (κ3) is 13.2. The maximum absolute atomic E-state index is 12.9. The number of carboxylic acid groups (broad SMARTS) is 1. The van der Waals surface area contributed by atoms with Crippen molar-refractivity contribution in [1.29, 1.82) is 0 Å². The molecule has 0 bridgehead atoms. The number of aromatic carboxylic acids is 1. The zero-order chi connectivity index (χ0) is 31.1. The standard InChI is InChI=1S/C13H7F2IO2.C7H5IO2.C6H4F2O.C4H8O/c14-11-6-5-10(7-12(11)15)18-13(17)8-1-3-9(16)4-2-8;8-6-3-1-5(2-4-6)7(9)10;7-5-2-1-4(9)3-6(5)8;1-2-4-5-3-1/h1-7H;1-4H,(H,9,10);1-3,9H;1-4H2. The van der Waals surface area contributed by atoms with Gasteiger partial charge in [-0.2, -0.15) is 0 Å². The van der Waals surface area contributed by atoms with Crippen molar-refractivity contribution in [3.8, 4) is 11.5 Å². The van der Waals surface area contributed by atoms with Gasteiger partial charge >= 0.3 is 11.9 Å². The van der Waals surface area contributed by atoms with Crippen molar-refractivity contribution in [2.24, 2.45) is 0 Å². The molecule has 1 heterocycles. The van der Waals surface area contributed by atoms with E-state index >= 15 is 0 Å². The molecule has 0 aromatic heterocycles. The van der Waals surface area contributed by atoms with Crippen LogP contribution in [0.4, 0.5) is 17.6 Å². The second-order valence-corrected chi connectivity index (χ2v) is 10.7. The smallest absolute Gasteiger partial charge is 0.343 e. The van der Waals surface area contributed by atoms with Crippen molar-refractivity contribution in [3.05, 3.63) is 126 Å². The summed E-state index contributed by atoms with van der Waals surface area (Å²) in [6, 6.07) is 19.0. The van der Waals surface area contributed by atoms with E-state index in [1.165, 1.54) is 18.9 Å². The number of halogens is 6. The first-order chi connectivity index (χ1) is 20.0. The molecule has 12 heteroatoms. The Morgan fingerprint density at radius 1 is 0.667 bits per heavy atom. The molecule has 1 saturated heterocycles. The van der Waals surface area contributed by atoms with Gasteiger partial charge in [0.1, 0.15) is 11.5 Å². The summed E-state index contributed by atoms with van der Waals surface area (Å²) in [6.45, 7) is 2.00. The van der Waals surface area contributed by atoms with Gasteiger partial charge in [0.25, 0.3) is 0 Å². The molecule has 1 aliphatic rings. The zero-order valence-corrected chi connectivity index (χ0v) is 26.0. The average molecular weight is 810 g/mol. The van der Waals surface area contributed by atoms with Crippen molar-refractivity contribution < 1.29 is 46.8 Å². The summed E-state index contributed by atoms with van der Waals surface area (Å²) in [5.74, 6) is -5.81. The van der Waals surface area contributed by atoms with Crippen LogP contribution in [0.15, 0.2) is 84.9 Å². The van der Waals surface area contributed by atoms with Crippen LogP contribution in [0.5, 0.6) is 11.5 Å². The van der Waals surface area contributed by atoms with Crippen molar-refractivity contribution in [2.45, 2.75) is 12.8 Å². The zero-order valence-electron chi connectivity index (χ0n) is 21.7. The molecule has 222 valence electrons. The maximum atomic E-state index is 12.9. The van der Waals surface area contributed by atoms with Crippen LogP contribution in [0.25, 0.3) is 0 Å². The maximum Gasteiger partial charge on any atom is 0.343 e. The molecule has 0 atom stereocenters. The highest BCUT2D eigenvalue weighted by molar-refractivity contribution is 14.1. The monoisotopic (exact) mass is 810 g/mol. The lowest BCUT2D eigenvalue weighted by Gasteiger charge is -2.04. The van der Waals surface area contributed by atoms with Gasteiger partial charge in [-0.1, -0.05) is 0 Å². The van der Waals surface area contributed by atoms with E-state index < -0.39 is 35.2 Å². The van der Waals surface area contributed by atoms with Crippen LogP contribution >= 0.6 is 45.2 Å². The lowest BCUT2D eigenvalue weighted by atomic mass is 10.2. The number of rotatable bonds is 3. The molecular formula is C30H24F4I2O6. The molecule has 42 heavy (non-hydrogen) atoms. The molecule has 5 rings (SSSR count). The summed E-state index contributed by atoms with van der Waals surface area (Å²) in [7, 11) is 0. The topological polar surface area (TPSA) is 93.1 Å². The Morgan fingerprint density at radius 3 is 1.55 bits per heavy atom. The summed E-state index contributed by atoms with van der Waals surface area (Å²) in [6.07, 6.45) is 2.56. The Balaban J connectivity index is 0.000000217. The molecule has 0 unspecified atom stereocenters. The van der Waals surface area contributed by atoms with Gasteiger partial charge in [-0.05, 0) is 131 Å². The fourth-order valence-electron chi connectivity index (χ4n) is 2.88. The lowest BCUT2D eigenvalue weighted by molar-refractivity contribution is 0.0694. The van der Waals surface area contributed by atoms with Gasteiger partial charge < -0.3 is 19.7 Å². The SMILES string of the molecule is C1CCOC1.O=C(O)c1ccc(I)cc1.O=C(Oc1ccc(F)c(F)c1)c1ccc(I)cc1.Oc1ccc(F)c(F)c1. The van der Waals surface area contributed by atoms with Gasteiger partial charge in [0.05, 0.1) is 11.1 Å². The molecule has 4 aromatic rings. The molecule has 2 N–H and O–H groups in total. The van der Waals surface area contributed by atoms with E-state index in [2.05, 4.69) is 45.2 Å². The number of phenols is 1. The molecule has 0 amide bonds. The van der Waals surface area contributed by atoms with Crippen LogP contribution < -0.4 is 4.74 Å². The van der Waals surface area contributed by atoms with E-state index in [4.69, 9.17) is 19.7 Å². The summed E-state index contributed by atoms with van der Waals surface area (Å²) in [5, 5.41) is 17.0. The van der Waals surface area contributed by atoms with Gasteiger partial charge in [-0.25, -0.2) is 27.2 Å². The van der Waals surface area contributed by atoms with E-state index in [9.17, 15) is 27.2 Å².